The molecule has 1 aliphatic rings. The average Bonchev–Trinajstić information content (AvgIpc) is 2.65. The van der Waals surface area contributed by atoms with E-state index in [2.05, 4.69) is 22.5 Å². The van der Waals surface area contributed by atoms with Crippen molar-refractivity contribution in [2.75, 3.05) is 30.4 Å². The number of fused-ring (bicyclic) bond motifs is 1. The fourth-order valence-electron chi connectivity index (χ4n) is 2.55. The third-order valence-electron chi connectivity index (χ3n) is 3.91. The van der Waals surface area contributed by atoms with Gasteiger partial charge in [-0.2, -0.15) is 0 Å². The number of hydrogen-bond donors (Lipinski definition) is 2. The first-order chi connectivity index (χ1) is 12.3. The Bertz CT molecular complexity index is 716. The van der Waals surface area contributed by atoms with E-state index in [1.165, 1.54) is 12.8 Å². The number of hydrogen-bond acceptors (Lipinski definition) is 5. The molecule has 0 bridgehead atoms. The summed E-state index contributed by atoms with van der Waals surface area (Å²) in [6.07, 6.45) is 5.08. The minimum atomic E-state index is -0.207. The Labute approximate surface area is 147 Å². The summed E-state index contributed by atoms with van der Waals surface area (Å²) in [4.78, 5) is 16.6. The number of ether oxygens (including phenoxy) is 2. The SMILES string of the molecule is CCCCCNc1ccc(C(=O)Nc2ccc3c(c2)OCCO3)cn1. The molecule has 0 aliphatic carbocycles. The van der Waals surface area contributed by atoms with Crippen LogP contribution in [0.25, 0.3) is 0 Å². The first kappa shape index (κ1) is 17.1. The Hall–Kier alpha value is -2.76. The lowest BCUT2D eigenvalue weighted by Crippen LogP contribution is -2.16. The van der Waals surface area contributed by atoms with Crippen LogP contribution in [-0.2, 0) is 0 Å². The predicted molar refractivity (Wildman–Crippen MR) is 97.6 cm³/mol. The van der Waals surface area contributed by atoms with Gasteiger partial charge in [0.15, 0.2) is 11.5 Å². The largest absolute Gasteiger partial charge is 0.486 e. The second-order valence-corrected chi connectivity index (χ2v) is 5.88. The Kier molecular flexibility index (Phi) is 5.72. The highest BCUT2D eigenvalue weighted by Crippen LogP contribution is 2.32. The first-order valence-electron chi connectivity index (χ1n) is 8.67. The van der Waals surface area contributed by atoms with Gasteiger partial charge in [-0.3, -0.25) is 4.79 Å². The lowest BCUT2D eigenvalue weighted by molar-refractivity contribution is 0.102. The van der Waals surface area contributed by atoms with Crippen LogP contribution < -0.4 is 20.1 Å². The van der Waals surface area contributed by atoms with Crippen LogP contribution >= 0.6 is 0 Å². The van der Waals surface area contributed by atoms with E-state index in [1.807, 2.05) is 6.07 Å². The lowest BCUT2D eigenvalue weighted by atomic mass is 10.2. The molecular weight excluding hydrogens is 318 g/mol. The third kappa shape index (κ3) is 4.62. The molecule has 25 heavy (non-hydrogen) atoms. The zero-order chi connectivity index (χ0) is 17.5. The van der Waals surface area contributed by atoms with Crippen molar-refractivity contribution in [2.24, 2.45) is 0 Å². The number of rotatable bonds is 7. The van der Waals surface area contributed by atoms with E-state index < -0.39 is 0 Å². The fraction of sp³-hybridized carbons (Fsp3) is 0.368. The molecule has 2 heterocycles. The Morgan fingerprint density at radius 1 is 1.12 bits per heavy atom. The summed E-state index contributed by atoms with van der Waals surface area (Å²) in [5.41, 5.74) is 1.17. The highest BCUT2D eigenvalue weighted by Gasteiger charge is 2.13. The number of carbonyl (C=O) groups excluding carboxylic acids is 1. The minimum absolute atomic E-state index is 0.207. The van der Waals surface area contributed by atoms with Gasteiger partial charge in [-0.1, -0.05) is 19.8 Å². The number of benzene rings is 1. The van der Waals surface area contributed by atoms with E-state index in [-0.39, 0.29) is 5.91 Å². The van der Waals surface area contributed by atoms with Crippen molar-refractivity contribution >= 4 is 17.4 Å². The monoisotopic (exact) mass is 341 g/mol. The van der Waals surface area contributed by atoms with Gasteiger partial charge in [0.05, 0.1) is 5.56 Å². The molecule has 132 valence electrons. The van der Waals surface area contributed by atoms with E-state index >= 15 is 0 Å². The summed E-state index contributed by atoms with van der Waals surface area (Å²) < 4.78 is 11.0. The molecule has 0 spiro atoms. The molecule has 1 aromatic carbocycles. The molecule has 0 saturated heterocycles. The molecule has 6 nitrogen and oxygen atoms in total. The smallest absolute Gasteiger partial charge is 0.257 e. The number of aromatic nitrogens is 1. The summed E-state index contributed by atoms with van der Waals surface area (Å²) in [5.74, 6) is 1.92. The Morgan fingerprint density at radius 2 is 1.96 bits per heavy atom. The molecule has 6 heteroatoms. The van der Waals surface area contributed by atoms with E-state index in [9.17, 15) is 4.79 Å². The van der Waals surface area contributed by atoms with Crippen LogP contribution in [-0.4, -0.2) is 30.6 Å². The van der Waals surface area contributed by atoms with Crippen molar-refractivity contribution in [1.82, 2.24) is 4.98 Å². The lowest BCUT2D eigenvalue weighted by Gasteiger charge is -2.19. The third-order valence-corrected chi connectivity index (χ3v) is 3.91. The molecule has 2 N–H and O–H groups in total. The molecule has 2 aromatic rings. The maximum Gasteiger partial charge on any atom is 0.257 e. The van der Waals surface area contributed by atoms with Gasteiger partial charge in [0.25, 0.3) is 5.91 Å². The zero-order valence-corrected chi connectivity index (χ0v) is 14.4. The molecule has 0 radical (unpaired) electrons. The van der Waals surface area contributed by atoms with Gasteiger partial charge in [0, 0.05) is 24.5 Å². The van der Waals surface area contributed by atoms with Crippen molar-refractivity contribution in [2.45, 2.75) is 26.2 Å². The molecule has 0 fully saturated rings. The number of pyridine rings is 1. The van der Waals surface area contributed by atoms with Crippen LogP contribution in [0.1, 0.15) is 36.5 Å². The van der Waals surface area contributed by atoms with Gasteiger partial charge < -0.3 is 20.1 Å². The van der Waals surface area contributed by atoms with Crippen molar-refractivity contribution in [3.63, 3.8) is 0 Å². The van der Waals surface area contributed by atoms with E-state index in [4.69, 9.17) is 9.47 Å². The van der Waals surface area contributed by atoms with Crippen molar-refractivity contribution < 1.29 is 14.3 Å². The summed E-state index contributed by atoms with van der Waals surface area (Å²) in [7, 11) is 0. The maximum absolute atomic E-state index is 12.3. The minimum Gasteiger partial charge on any atom is -0.486 e. The summed E-state index contributed by atoms with van der Waals surface area (Å²) in [6.45, 7) is 4.13. The number of anilines is 2. The van der Waals surface area contributed by atoms with Gasteiger partial charge in [-0.05, 0) is 30.7 Å². The van der Waals surface area contributed by atoms with Crippen LogP contribution in [0, 0.1) is 0 Å². The molecular formula is C19H23N3O3. The van der Waals surface area contributed by atoms with Crippen LogP contribution in [0.15, 0.2) is 36.5 Å². The average molecular weight is 341 g/mol. The summed E-state index contributed by atoms with van der Waals surface area (Å²) >= 11 is 0. The number of nitrogens with zero attached hydrogens (tertiary/aromatic N) is 1. The standard InChI is InChI=1S/C19H23N3O3/c1-2-3-4-9-20-18-8-5-14(13-21-18)19(23)22-15-6-7-16-17(12-15)25-11-10-24-16/h5-8,12-13H,2-4,9-11H2,1H3,(H,20,21)(H,22,23). The van der Waals surface area contributed by atoms with Crippen LogP contribution in [0.2, 0.25) is 0 Å². The van der Waals surface area contributed by atoms with Crippen LogP contribution in [0.5, 0.6) is 11.5 Å². The number of carbonyl (C=O) groups is 1. The first-order valence-corrected chi connectivity index (χ1v) is 8.67. The van der Waals surface area contributed by atoms with E-state index in [0.717, 1.165) is 18.8 Å². The fourth-order valence-corrected chi connectivity index (χ4v) is 2.55. The molecule has 3 rings (SSSR count). The zero-order valence-electron chi connectivity index (χ0n) is 14.4. The summed E-state index contributed by atoms with van der Waals surface area (Å²) in [5, 5.41) is 6.11. The molecule has 1 amide bonds. The number of unbranched alkanes of at least 4 members (excludes halogenated alkanes) is 2. The van der Waals surface area contributed by atoms with Gasteiger partial charge in [-0.15, -0.1) is 0 Å². The van der Waals surface area contributed by atoms with Crippen LogP contribution in [0.4, 0.5) is 11.5 Å². The summed E-state index contributed by atoms with van der Waals surface area (Å²) in [6, 6.07) is 8.95. The highest BCUT2D eigenvalue weighted by molar-refractivity contribution is 6.04. The Balaban J connectivity index is 1.57. The second-order valence-electron chi connectivity index (χ2n) is 5.88. The van der Waals surface area contributed by atoms with E-state index in [0.29, 0.717) is 36.0 Å². The molecule has 0 atom stereocenters. The van der Waals surface area contributed by atoms with E-state index in [1.54, 1.807) is 30.5 Å². The Morgan fingerprint density at radius 3 is 2.72 bits per heavy atom. The highest BCUT2D eigenvalue weighted by atomic mass is 16.6. The van der Waals surface area contributed by atoms with Crippen LogP contribution in [0.3, 0.4) is 0 Å². The predicted octanol–water partition coefficient (Wildman–Crippen LogP) is 3.71. The number of amides is 1. The van der Waals surface area contributed by atoms with Gasteiger partial charge >= 0.3 is 0 Å². The topological polar surface area (TPSA) is 72.5 Å². The quantitative estimate of drug-likeness (QED) is 0.751. The van der Waals surface area contributed by atoms with Crippen molar-refractivity contribution in [3.8, 4) is 11.5 Å². The molecule has 0 unspecified atom stereocenters. The van der Waals surface area contributed by atoms with Crippen molar-refractivity contribution in [1.29, 1.82) is 0 Å². The number of nitrogens with one attached hydrogen (secondary N) is 2. The van der Waals surface area contributed by atoms with Gasteiger partial charge in [-0.25, -0.2) is 4.98 Å². The molecule has 1 aliphatic heterocycles. The van der Waals surface area contributed by atoms with Crippen molar-refractivity contribution in [3.05, 3.63) is 42.1 Å². The van der Waals surface area contributed by atoms with Gasteiger partial charge in [0.1, 0.15) is 19.0 Å². The molecule has 1 aromatic heterocycles. The normalized spacial score (nSPS) is 12.5. The van der Waals surface area contributed by atoms with Gasteiger partial charge in [0.2, 0.25) is 0 Å². The molecule has 0 saturated carbocycles. The second kappa shape index (κ2) is 8.37. The maximum atomic E-state index is 12.3.